The number of nitrogens with zero attached hydrogens (tertiary/aromatic N) is 2. The third kappa shape index (κ3) is 4.54. The van der Waals surface area contributed by atoms with Crippen LogP contribution in [-0.2, 0) is 19.5 Å². The highest BCUT2D eigenvalue weighted by molar-refractivity contribution is 6.15. The van der Waals surface area contributed by atoms with Gasteiger partial charge in [0.15, 0.2) is 17.3 Å². The van der Waals surface area contributed by atoms with E-state index in [9.17, 15) is 4.79 Å². The van der Waals surface area contributed by atoms with Crippen LogP contribution in [0.3, 0.4) is 0 Å². The number of hydrogen-bond acceptors (Lipinski definition) is 7. The summed E-state index contributed by atoms with van der Waals surface area (Å²) in [5.74, 6) is 3.71. The first-order chi connectivity index (χ1) is 19.5. The summed E-state index contributed by atoms with van der Waals surface area (Å²) < 4.78 is 30.7. The van der Waals surface area contributed by atoms with E-state index in [4.69, 9.17) is 23.7 Å². The molecule has 3 aromatic carbocycles. The average molecular weight is 541 g/mol. The van der Waals surface area contributed by atoms with Crippen molar-refractivity contribution in [3.05, 3.63) is 82.7 Å². The molecule has 6 rings (SSSR count). The summed E-state index contributed by atoms with van der Waals surface area (Å²) in [5, 5.41) is 1.01. The van der Waals surface area contributed by atoms with Crippen LogP contribution in [0.4, 0.5) is 0 Å². The van der Waals surface area contributed by atoms with E-state index in [1.807, 2.05) is 54.7 Å². The van der Waals surface area contributed by atoms with Gasteiger partial charge in [-0.2, -0.15) is 0 Å². The van der Waals surface area contributed by atoms with E-state index in [-0.39, 0.29) is 5.78 Å². The lowest BCUT2D eigenvalue weighted by Gasteiger charge is -2.29. The molecule has 0 spiro atoms. The van der Waals surface area contributed by atoms with Gasteiger partial charge in [0.25, 0.3) is 0 Å². The van der Waals surface area contributed by atoms with Crippen molar-refractivity contribution in [3.8, 4) is 28.7 Å². The number of Topliss-reactive ketones (excluding diaryl/α,β-unsaturated/α-hetero) is 1. The van der Waals surface area contributed by atoms with Gasteiger partial charge in [-0.1, -0.05) is 6.07 Å². The first kappa shape index (κ1) is 25.8. The second-order valence-corrected chi connectivity index (χ2v) is 9.88. The van der Waals surface area contributed by atoms with Crippen molar-refractivity contribution in [2.75, 3.05) is 34.6 Å². The van der Waals surface area contributed by atoms with E-state index in [1.165, 1.54) is 0 Å². The summed E-state index contributed by atoms with van der Waals surface area (Å²) in [6.45, 7) is 4.77. The second kappa shape index (κ2) is 10.6. The topological polar surface area (TPSA) is 71.4 Å². The molecule has 40 heavy (non-hydrogen) atoms. The molecule has 0 atom stereocenters. The molecule has 1 aromatic heterocycles. The molecule has 0 unspecified atom stereocenters. The number of benzene rings is 3. The van der Waals surface area contributed by atoms with Crippen LogP contribution in [0.25, 0.3) is 17.0 Å². The lowest BCUT2D eigenvalue weighted by Crippen LogP contribution is -2.33. The highest BCUT2D eigenvalue weighted by Gasteiger charge is 2.33. The molecule has 8 nitrogen and oxygen atoms in total. The van der Waals surface area contributed by atoms with Crippen molar-refractivity contribution in [2.45, 2.75) is 26.4 Å². The van der Waals surface area contributed by atoms with Gasteiger partial charge < -0.3 is 28.3 Å². The van der Waals surface area contributed by atoms with Crippen LogP contribution in [0.5, 0.6) is 28.7 Å². The Labute approximate surface area is 233 Å². The molecule has 4 aromatic rings. The number of ketones is 1. The molecule has 0 bridgehead atoms. The van der Waals surface area contributed by atoms with Crippen molar-refractivity contribution >= 4 is 22.8 Å². The molecule has 0 aliphatic carbocycles. The number of methoxy groups -OCH3 is 3. The van der Waals surface area contributed by atoms with Gasteiger partial charge in [-0.05, 0) is 67.4 Å². The van der Waals surface area contributed by atoms with Gasteiger partial charge in [-0.15, -0.1) is 0 Å². The number of hydrogen-bond donors (Lipinski definition) is 0. The number of allylic oxidation sites excluding steroid dienone is 1. The van der Waals surface area contributed by atoms with Gasteiger partial charge in [-0.25, -0.2) is 0 Å². The summed E-state index contributed by atoms with van der Waals surface area (Å²) in [7, 11) is 4.92. The first-order valence-corrected chi connectivity index (χ1v) is 13.4. The monoisotopic (exact) mass is 540 g/mol. The zero-order valence-corrected chi connectivity index (χ0v) is 23.2. The Morgan fingerprint density at radius 1 is 0.975 bits per heavy atom. The number of aromatic nitrogens is 1. The van der Waals surface area contributed by atoms with E-state index >= 15 is 0 Å². The summed E-state index contributed by atoms with van der Waals surface area (Å²) in [6, 6.07) is 15.6. The van der Waals surface area contributed by atoms with E-state index in [1.54, 1.807) is 27.4 Å². The van der Waals surface area contributed by atoms with Crippen molar-refractivity contribution < 1.29 is 28.5 Å². The minimum atomic E-state index is -0.124. The normalized spacial score (nSPS) is 15.5. The van der Waals surface area contributed by atoms with Crippen LogP contribution >= 0.6 is 0 Å². The van der Waals surface area contributed by atoms with Crippen LogP contribution in [0.15, 0.2) is 60.5 Å². The van der Waals surface area contributed by atoms with Crippen LogP contribution in [0.2, 0.25) is 0 Å². The maximum atomic E-state index is 13.4. The Hall–Kier alpha value is -4.43. The SMILES string of the molecule is CCn1cc(/C=C2\Oc3c(ccc4c3CN(CCc3ccc(OC)c(OC)c3)CO4)C2=O)c2cc(OC)ccc21. The number of aryl methyl sites for hydroxylation is 1. The highest BCUT2D eigenvalue weighted by Crippen LogP contribution is 2.42. The van der Waals surface area contributed by atoms with E-state index in [0.717, 1.165) is 58.6 Å². The summed E-state index contributed by atoms with van der Waals surface area (Å²) in [6.07, 6.45) is 4.69. The minimum Gasteiger partial charge on any atom is -0.497 e. The molecule has 206 valence electrons. The van der Waals surface area contributed by atoms with Gasteiger partial charge in [0.2, 0.25) is 5.78 Å². The van der Waals surface area contributed by atoms with Gasteiger partial charge in [0, 0.05) is 42.3 Å². The molecule has 0 fully saturated rings. The van der Waals surface area contributed by atoms with Gasteiger partial charge in [0.1, 0.15) is 24.0 Å². The number of ether oxygens (including phenoxy) is 5. The van der Waals surface area contributed by atoms with Gasteiger partial charge >= 0.3 is 0 Å². The zero-order valence-electron chi connectivity index (χ0n) is 23.2. The average Bonchev–Trinajstić information content (AvgIpc) is 3.52. The fourth-order valence-corrected chi connectivity index (χ4v) is 5.42. The zero-order chi connectivity index (χ0) is 27.8. The smallest absolute Gasteiger partial charge is 0.231 e. The number of carbonyl (C=O) groups is 1. The summed E-state index contributed by atoms with van der Waals surface area (Å²) >= 11 is 0. The molecule has 3 heterocycles. The van der Waals surface area contributed by atoms with Crippen molar-refractivity contribution in [1.29, 1.82) is 0 Å². The third-order valence-electron chi connectivity index (χ3n) is 7.59. The minimum absolute atomic E-state index is 0.124. The quantitative estimate of drug-likeness (QED) is 0.266. The molecule has 0 radical (unpaired) electrons. The predicted molar refractivity (Wildman–Crippen MR) is 153 cm³/mol. The fraction of sp³-hybridized carbons (Fsp3) is 0.281. The molecule has 2 aliphatic heterocycles. The molecule has 0 amide bonds. The van der Waals surface area contributed by atoms with Crippen LogP contribution in [-0.4, -0.2) is 49.9 Å². The molecular weight excluding hydrogens is 508 g/mol. The first-order valence-electron chi connectivity index (χ1n) is 13.4. The van der Waals surface area contributed by atoms with Crippen molar-refractivity contribution in [1.82, 2.24) is 9.47 Å². The molecular formula is C32H32N2O6. The fourth-order valence-electron chi connectivity index (χ4n) is 5.42. The summed E-state index contributed by atoms with van der Waals surface area (Å²) in [4.78, 5) is 15.6. The largest absolute Gasteiger partial charge is 0.497 e. The lowest BCUT2D eigenvalue weighted by molar-refractivity contribution is 0.0949. The Bertz CT molecular complexity index is 1640. The molecule has 2 aliphatic rings. The predicted octanol–water partition coefficient (Wildman–Crippen LogP) is 5.70. The second-order valence-electron chi connectivity index (χ2n) is 9.88. The van der Waals surface area contributed by atoms with Gasteiger partial charge in [-0.3, -0.25) is 9.69 Å². The maximum Gasteiger partial charge on any atom is 0.231 e. The standard InChI is InChI=1S/C32H32N2O6/c1-5-34-17-21(24-16-22(36-2)7-9-26(24)34)15-30-31(35)23-8-11-27-25(32(23)40-30)18-33(19-39-27)13-12-20-6-10-28(37-3)29(14-20)38-4/h6-11,14-17H,5,12-13,18-19H2,1-4H3/b30-15-. The highest BCUT2D eigenvalue weighted by atomic mass is 16.5. The number of rotatable bonds is 8. The Morgan fingerprint density at radius 3 is 2.60 bits per heavy atom. The van der Waals surface area contributed by atoms with Crippen LogP contribution in [0, 0.1) is 0 Å². The van der Waals surface area contributed by atoms with E-state index < -0.39 is 0 Å². The Kier molecular flexibility index (Phi) is 6.86. The summed E-state index contributed by atoms with van der Waals surface area (Å²) in [5.41, 5.74) is 4.58. The third-order valence-corrected chi connectivity index (χ3v) is 7.59. The Balaban J connectivity index is 1.24. The molecule has 8 heteroatoms. The van der Waals surface area contributed by atoms with Gasteiger partial charge in [0.05, 0.1) is 32.5 Å². The van der Waals surface area contributed by atoms with E-state index in [2.05, 4.69) is 16.4 Å². The van der Waals surface area contributed by atoms with Crippen LogP contribution < -0.4 is 23.7 Å². The van der Waals surface area contributed by atoms with E-state index in [0.29, 0.717) is 41.8 Å². The Morgan fingerprint density at radius 2 is 1.82 bits per heavy atom. The molecule has 0 saturated heterocycles. The number of carbonyl (C=O) groups excluding carboxylic acids is 1. The maximum absolute atomic E-state index is 13.4. The number of fused-ring (bicyclic) bond motifs is 4. The van der Waals surface area contributed by atoms with Crippen LogP contribution in [0.1, 0.15) is 34.0 Å². The van der Waals surface area contributed by atoms with Crippen molar-refractivity contribution in [3.63, 3.8) is 0 Å². The van der Waals surface area contributed by atoms with Crippen molar-refractivity contribution in [2.24, 2.45) is 0 Å². The lowest BCUT2D eigenvalue weighted by atomic mass is 10.0. The molecule has 0 N–H and O–H groups in total. The molecule has 0 saturated carbocycles.